The second-order valence-electron chi connectivity index (χ2n) is 5.79. The molecule has 9 heteroatoms. The van der Waals surface area contributed by atoms with Crippen LogP contribution >= 0.6 is 12.4 Å². The minimum absolute atomic E-state index is 0. The Kier molecular flexibility index (Phi) is 6.63. The lowest BCUT2D eigenvalue weighted by molar-refractivity contribution is 0.227. The second-order valence-corrected chi connectivity index (χ2v) is 9.69. The summed E-state index contributed by atoms with van der Waals surface area (Å²) in [6.45, 7) is 2.21. The predicted octanol–water partition coefficient (Wildman–Crippen LogP) is 1.40. The van der Waals surface area contributed by atoms with Gasteiger partial charge in [-0.25, -0.2) is 16.8 Å². The van der Waals surface area contributed by atoms with E-state index in [-0.39, 0.29) is 34.3 Å². The molecule has 1 aliphatic heterocycles. The zero-order chi connectivity index (χ0) is 16.5. The molecule has 0 aliphatic carbocycles. The molecule has 0 spiro atoms. The van der Waals surface area contributed by atoms with Crippen LogP contribution in [0.5, 0.6) is 0 Å². The molecular formula is C14H23ClN2O4S2. The first-order valence-corrected chi connectivity index (χ1v) is 10.5. The fraction of sp³-hybridized carbons (Fsp3) is 0.571. The van der Waals surface area contributed by atoms with Gasteiger partial charge in [-0.3, -0.25) is 0 Å². The molecule has 132 valence electrons. The van der Waals surface area contributed by atoms with Gasteiger partial charge in [-0.05, 0) is 38.0 Å². The van der Waals surface area contributed by atoms with E-state index in [1.165, 1.54) is 28.6 Å². The minimum atomic E-state index is -3.75. The molecule has 0 aromatic heterocycles. The number of hydrogen-bond acceptors (Lipinski definition) is 5. The highest BCUT2D eigenvalue weighted by molar-refractivity contribution is 7.91. The first-order chi connectivity index (χ1) is 10.1. The molecule has 2 N–H and O–H groups in total. The molecule has 6 nitrogen and oxygen atoms in total. The lowest BCUT2D eigenvalue weighted by atomic mass is 10.00. The Bertz CT molecular complexity index is 748. The van der Waals surface area contributed by atoms with Crippen LogP contribution in [0.1, 0.15) is 26.2 Å². The van der Waals surface area contributed by atoms with Crippen LogP contribution in [0.3, 0.4) is 0 Å². The van der Waals surface area contributed by atoms with Gasteiger partial charge in [0.1, 0.15) is 0 Å². The smallest absolute Gasteiger partial charge is 0.243 e. The minimum Gasteiger partial charge on any atom is -0.326 e. The number of halogens is 1. The van der Waals surface area contributed by atoms with E-state index in [4.69, 9.17) is 5.73 Å². The van der Waals surface area contributed by atoms with Crippen molar-refractivity contribution in [1.82, 2.24) is 4.31 Å². The van der Waals surface area contributed by atoms with Crippen molar-refractivity contribution in [3.8, 4) is 0 Å². The maximum Gasteiger partial charge on any atom is 0.243 e. The Morgan fingerprint density at radius 2 is 1.78 bits per heavy atom. The lowest BCUT2D eigenvalue weighted by Gasteiger charge is -2.36. The Hall–Kier alpha value is -0.670. The molecule has 2 rings (SSSR count). The number of nitrogens with two attached hydrogens (primary N) is 1. The number of hydrogen-bond donors (Lipinski definition) is 1. The highest BCUT2D eigenvalue weighted by Crippen LogP contribution is 2.27. The maximum atomic E-state index is 12.9. The van der Waals surface area contributed by atoms with Crippen molar-refractivity contribution in [2.24, 2.45) is 5.73 Å². The van der Waals surface area contributed by atoms with Gasteiger partial charge < -0.3 is 5.73 Å². The Balaban J connectivity index is 0.00000264. The van der Waals surface area contributed by atoms with Crippen LogP contribution in [0, 0.1) is 0 Å². The van der Waals surface area contributed by atoms with Crippen molar-refractivity contribution in [2.75, 3.05) is 12.8 Å². The number of benzene rings is 1. The molecule has 0 radical (unpaired) electrons. The molecule has 2 atom stereocenters. The molecule has 23 heavy (non-hydrogen) atoms. The highest BCUT2D eigenvalue weighted by Gasteiger charge is 2.35. The second kappa shape index (κ2) is 7.48. The van der Waals surface area contributed by atoms with Crippen molar-refractivity contribution in [2.45, 2.75) is 48.1 Å². The first-order valence-electron chi connectivity index (χ1n) is 7.21. The fourth-order valence-corrected chi connectivity index (χ4v) is 5.32. The summed E-state index contributed by atoms with van der Waals surface area (Å²) in [6, 6.07) is 4.98. The number of nitrogens with zero attached hydrogens (tertiary/aromatic N) is 1. The van der Waals surface area contributed by atoms with Gasteiger partial charge in [0.25, 0.3) is 0 Å². The van der Waals surface area contributed by atoms with E-state index in [1.807, 2.05) is 0 Å². The number of rotatable bonds is 4. The summed E-state index contributed by atoms with van der Waals surface area (Å²) in [6.07, 6.45) is 3.52. The maximum absolute atomic E-state index is 12.9. The summed E-state index contributed by atoms with van der Waals surface area (Å²) < 4.78 is 50.4. The van der Waals surface area contributed by atoms with Crippen molar-refractivity contribution >= 4 is 32.3 Å². The quantitative estimate of drug-likeness (QED) is 0.848. The highest BCUT2D eigenvalue weighted by atomic mass is 35.5. The molecule has 1 fully saturated rings. The van der Waals surface area contributed by atoms with Crippen LogP contribution in [-0.2, 0) is 19.9 Å². The van der Waals surface area contributed by atoms with Gasteiger partial charge in [0.05, 0.1) is 9.79 Å². The molecule has 1 saturated heterocycles. The van der Waals surface area contributed by atoms with Crippen molar-refractivity contribution in [3.05, 3.63) is 24.3 Å². The van der Waals surface area contributed by atoms with E-state index in [1.54, 1.807) is 6.92 Å². The third-order valence-corrected chi connectivity index (χ3v) is 6.98. The average Bonchev–Trinajstić information content (AvgIpc) is 2.46. The molecule has 1 aliphatic rings. The third kappa shape index (κ3) is 4.45. The Morgan fingerprint density at radius 1 is 1.17 bits per heavy atom. The molecule has 1 heterocycles. The van der Waals surface area contributed by atoms with Crippen molar-refractivity contribution in [1.29, 1.82) is 0 Å². The van der Waals surface area contributed by atoms with Crippen LogP contribution < -0.4 is 5.73 Å². The molecule has 2 unspecified atom stereocenters. The van der Waals surface area contributed by atoms with Crippen LogP contribution in [0.2, 0.25) is 0 Å². The molecule has 1 aromatic carbocycles. The van der Waals surface area contributed by atoms with Gasteiger partial charge in [0, 0.05) is 24.9 Å². The summed E-state index contributed by atoms with van der Waals surface area (Å²) in [7, 11) is -7.20. The first kappa shape index (κ1) is 20.4. The van der Waals surface area contributed by atoms with Gasteiger partial charge in [0.15, 0.2) is 9.84 Å². The van der Waals surface area contributed by atoms with Gasteiger partial charge in [-0.1, -0.05) is 12.5 Å². The number of piperidine rings is 1. The van der Waals surface area contributed by atoms with Crippen LogP contribution in [0.25, 0.3) is 0 Å². The molecule has 0 amide bonds. The molecule has 0 bridgehead atoms. The Morgan fingerprint density at radius 3 is 2.35 bits per heavy atom. The number of sulfone groups is 1. The number of sulfonamides is 1. The zero-order valence-corrected chi connectivity index (χ0v) is 15.6. The molecular weight excluding hydrogens is 360 g/mol. The van der Waals surface area contributed by atoms with E-state index >= 15 is 0 Å². The topological polar surface area (TPSA) is 97.5 Å². The van der Waals surface area contributed by atoms with Gasteiger partial charge in [-0.2, -0.15) is 4.31 Å². The lowest BCUT2D eigenvalue weighted by Crippen LogP contribution is -2.51. The summed E-state index contributed by atoms with van der Waals surface area (Å²) in [5.41, 5.74) is 5.93. The largest absolute Gasteiger partial charge is 0.326 e. The van der Waals surface area contributed by atoms with Gasteiger partial charge in [-0.15, -0.1) is 12.4 Å². The van der Waals surface area contributed by atoms with E-state index in [2.05, 4.69) is 0 Å². The summed E-state index contributed by atoms with van der Waals surface area (Å²) in [5, 5.41) is 0. The summed E-state index contributed by atoms with van der Waals surface area (Å²) in [5.74, 6) is 0. The Labute approximate surface area is 144 Å². The van der Waals surface area contributed by atoms with Gasteiger partial charge >= 0.3 is 0 Å². The zero-order valence-electron chi connectivity index (χ0n) is 13.2. The van der Waals surface area contributed by atoms with Crippen LogP contribution in [-0.4, -0.2) is 46.0 Å². The fourth-order valence-electron chi connectivity index (χ4n) is 2.76. The summed E-state index contributed by atoms with van der Waals surface area (Å²) in [4.78, 5) is 0.00547. The summed E-state index contributed by atoms with van der Waals surface area (Å²) >= 11 is 0. The van der Waals surface area contributed by atoms with Crippen molar-refractivity contribution in [3.63, 3.8) is 0 Å². The average molecular weight is 383 g/mol. The third-order valence-electron chi connectivity index (χ3n) is 3.95. The SMILES string of the molecule is CC(N)C1CCCCN1S(=O)(=O)c1cccc(S(C)(=O)=O)c1.Cl. The van der Waals surface area contributed by atoms with E-state index < -0.39 is 19.9 Å². The van der Waals surface area contributed by atoms with Crippen LogP contribution in [0.4, 0.5) is 0 Å². The predicted molar refractivity (Wildman–Crippen MR) is 92.0 cm³/mol. The van der Waals surface area contributed by atoms with E-state index in [0.29, 0.717) is 6.54 Å². The molecule has 0 saturated carbocycles. The monoisotopic (exact) mass is 382 g/mol. The van der Waals surface area contributed by atoms with Crippen molar-refractivity contribution < 1.29 is 16.8 Å². The standard InChI is InChI=1S/C14H22N2O4S2.ClH/c1-11(15)14-8-3-4-9-16(14)22(19,20)13-7-5-6-12(10-13)21(2,17)18;/h5-7,10-11,14H,3-4,8-9,15H2,1-2H3;1H. The van der Waals surface area contributed by atoms with Gasteiger partial charge in [0.2, 0.25) is 10.0 Å². The normalized spacial score (nSPS) is 21.4. The van der Waals surface area contributed by atoms with E-state index in [0.717, 1.165) is 25.5 Å². The van der Waals surface area contributed by atoms with E-state index in [9.17, 15) is 16.8 Å². The molecule has 1 aromatic rings. The van der Waals surface area contributed by atoms with Crippen LogP contribution in [0.15, 0.2) is 34.1 Å².